The van der Waals surface area contributed by atoms with Gasteiger partial charge in [-0.3, -0.25) is 27.9 Å². The number of fused-ring (bicyclic) bond motifs is 2. The molecule has 2 unspecified atom stereocenters. The number of imidazole rings is 2. The third kappa shape index (κ3) is 7.15. The fourth-order valence-electron chi connectivity index (χ4n) is 5.94. The van der Waals surface area contributed by atoms with Crippen molar-refractivity contribution in [2.24, 2.45) is 21.1 Å². The molecule has 0 aliphatic rings. The Labute approximate surface area is 267 Å². The summed E-state index contributed by atoms with van der Waals surface area (Å²) in [6, 6.07) is 0. The third-order valence-electron chi connectivity index (χ3n) is 9.18. The van der Waals surface area contributed by atoms with E-state index in [0.29, 0.717) is 63.2 Å². The van der Waals surface area contributed by atoms with Crippen LogP contribution in [0.25, 0.3) is 22.3 Å². The molecule has 4 aromatic rings. The Balaban J connectivity index is 1.38. The number of aromatic nitrogens is 8. The van der Waals surface area contributed by atoms with Gasteiger partial charge < -0.3 is 19.3 Å². The smallest absolute Gasteiger partial charge is 0.390 e. The first-order valence-electron chi connectivity index (χ1n) is 15.7. The van der Waals surface area contributed by atoms with Crippen molar-refractivity contribution in [3.05, 3.63) is 54.3 Å². The van der Waals surface area contributed by atoms with Crippen molar-refractivity contribution in [3.8, 4) is 0 Å². The highest BCUT2D eigenvalue weighted by molar-refractivity contribution is 5.70. The molecule has 4 heterocycles. The maximum atomic E-state index is 13.3. The molecule has 0 fully saturated rings. The molecule has 2 atom stereocenters. The van der Waals surface area contributed by atoms with Gasteiger partial charge in [0.15, 0.2) is 27.9 Å². The average molecular weight is 669 g/mol. The van der Waals surface area contributed by atoms with Gasteiger partial charge in [0, 0.05) is 40.8 Å². The SMILES string of the molecule is CCC(O)(CCCCn1c(=O)c2c(ncn2C)n(C)c1=O)CCCn1cnc2c1c(=O)n(CCCCC(C)(O)C(F)(F)F)c(=O)n2C. The van der Waals surface area contributed by atoms with Gasteiger partial charge in [0.25, 0.3) is 11.1 Å². The van der Waals surface area contributed by atoms with Crippen LogP contribution in [0, 0.1) is 0 Å². The zero-order chi connectivity index (χ0) is 34.9. The van der Waals surface area contributed by atoms with Crippen molar-refractivity contribution in [1.29, 1.82) is 0 Å². The fourth-order valence-corrected chi connectivity index (χ4v) is 5.94. The first kappa shape index (κ1) is 35.9. The van der Waals surface area contributed by atoms with Crippen LogP contribution < -0.4 is 22.5 Å². The number of aryl methyl sites for hydroxylation is 4. The molecule has 0 aromatic carbocycles. The molecule has 47 heavy (non-hydrogen) atoms. The van der Waals surface area contributed by atoms with Gasteiger partial charge in [0.05, 0.1) is 18.3 Å². The van der Waals surface area contributed by atoms with E-state index in [0.717, 1.165) is 4.57 Å². The summed E-state index contributed by atoms with van der Waals surface area (Å²) in [7, 11) is 4.72. The quantitative estimate of drug-likeness (QED) is 0.182. The van der Waals surface area contributed by atoms with E-state index in [1.54, 1.807) is 23.2 Å². The highest BCUT2D eigenvalue weighted by Crippen LogP contribution is 2.33. The number of hydrogen-bond acceptors (Lipinski definition) is 8. The number of nitrogens with zero attached hydrogens (tertiary/aromatic N) is 8. The molecule has 0 saturated heterocycles. The molecule has 0 saturated carbocycles. The van der Waals surface area contributed by atoms with Crippen LogP contribution in [-0.4, -0.2) is 65.0 Å². The summed E-state index contributed by atoms with van der Waals surface area (Å²) in [5, 5.41) is 21.0. The van der Waals surface area contributed by atoms with E-state index in [2.05, 4.69) is 9.97 Å². The zero-order valence-corrected chi connectivity index (χ0v) is 27.4. The van der Waals surface area contributed by atoms with Crippen molar-refractivity contribution in [1.82, 2.24) is 37.4 Å². The maximum Gasteiger partial charge on any atom is 0.416 e. The Morgan fingerprint density at radius 1 is 0.702 bits per heavy atom. The van der Waals surface area contributed by atoms with Crippen LogP contribution in [0.4, 0.5) is 13.2 Å². The second-order valence-corrected chi connectivity index (χ2v) is 12.6. The van der Waals surface area contributed by atoms with Gasteiger partial charge in [0.1, 0.15) is 0 Å². The predicted octanol–water partition coefficient (Wildman–Crippen LogP) is 1.92. The summed E-state index contributed by atoms with van der Waals surface area (Å²) < 4.78 is 46.8. The van der Waals surface area contributed by atoms with Crippen molar-refractivity contribution >= 4 is 22.3 Å². The molecule has 0 spiro atoms. The summed E-state index contributed by atoms with van der Waals surface area (Å²) in [5.41, 5.74) is -5.00. The van der Waals surface area contributed by atoms with E-state index in [1.165, 1.54) is 33.4 Å². The Hall–Kier alpha value is -3.99. The third-order valence-corrected chi connectivity index (χ3v) is 9.18. The lowest BCUT2D eigenvalue weighted by Crippen LogP contribution is -2.42. The number of rotatable bonds is 15. The first-order chi connectivity index (χ1) is 21.9. The lowest BCUT2D eigenvalue weighted by atomic mass is 9.89. The van der Waals surface area contributed by atoms with Crippen LogP contribution in [0.3, 0.4) is 0 Å². The lowest BCUT2D eigenvalue weighted by Gasteiger charge is -2.27. The Kier molecular flexibility index (Phi) is 10.4. The number of hydrogen-bond donors (Lipinski definition) is 2. The van der Waals surface area contributed by atoms with Crippen LogP contribution in [0.1, 0.15) is 71.6 Å². The van der Waals surface area contributed by atoms with Crippen LogP contribution >= 0.6 is 0 Å². The van der Waals surface area contributed by atoms with Crippen LogP contribution in [0.15, 0.2) is 31.8 Å². The molecule has 0 bridgehead atoms. The van der Waals surface area contributed by atoms with E-state index in [4.69, 9.17) is 0 Å². The van der Waals surface area contributed by atoms with Crippen molar-refractivity contribution in [3.63, 3.8) is 0 Å². The van der Waals surface area contributed by atoms with Gasteiger partial charge in [-0.1, -0.05) is 6.92 Å². The summed E-state index contributed by atoms with van der Waals surface area (Å²) in [4.78, 5) is 60.3. The highest BCUT2D eigenvalue weighted by Gasteiger charge is 2.49. The largest absolute Gasteiger partial charge is 0.416 e. The number of aliphatic hydroxyl groups is 2. The maximum absolute atomic E-state index is 13.3. The summed E-state index contributed by atoms with van der Waals surface area (Å²) in [6.07, 6.45) is 0.411. The van der Waals surface area contributed by atoms with E-state index in [1.807, 2.05) is 6.92 Å². The van der Waals surface area contributed by atoms with Gasteiger partial charge in [-0.05, 0) is 64.7 Å². The molecule has 0 amide bonds. The van der Waals surface area contributed by atoms with Gasteiger partial charge in [-0.2, -0.15) is 13.2 Å². The van der Waals surface area contributed by atoms with E-state index >= 15 is 0 Å². The number of halogens is 3. The number of unbranched alkanes of at least 4 members (excludes halogenated alkanes) is 2. The molecule has 17 heteroatoms. The molecular formula is C30H43F3N8O6. The van der Waals surface area contributed by atoms with Crippen LogP contribution in [0.2, 0.25) is 0 Å². The van der Waals surface area contributed by atoms with E-state index in [-0.39, 0.29) is 37.1 Å². The highest BCUT2D eigenvalue weighted by atomic mass is 19.4. The van der Waals surface area contributed by atoms with Crippen LogP contribution in [-0.2, 0) is 40.8 Å². The minimum atomic E-state index is -4.79. The predicted molar refractivity (Wildman–Crippen MR) is 168 cm³/mol. The standard InChI is InChI=1S/C30H43F3N8O6/c1-6-29(47,13-8-10-17-40-24(42)20-22(34-18-36(20)3)37(4)26(40)44)14-11-15-39-19-35-23-21(39)25(43)41(27(45)38(23)5)16-9-7-12-28(2,46)30(31,32)33/h18-19,46-47H,6-17H2,1-5H3. The topological polar surface area (TPSA) is 164 Å². The average Bonchev–Trinajstić information content (AvgIpc) is 3.61. The molecule has 0 aliphatic heterocycles. The molecule has 2 N–H and O–H groups in total. The Morgan fingerprint density at radius 2 is 1.19 bits per heavy atom. The Bertz CT molecular complexity index is 1980. The molecule has 4 aromatic heterocycles. The molecular weight excluding hydrogens is 625 g/mol. The van der Waals surface area contributed by atoms with Crippen LogP contribution in [0.5, 0.6) is 0 Å². The molecule has 0 aliphatic carbocycles. The molecule has 260 valence electrons. The minimum absolute atomic E-state index is 0.0536. The minimum Gasteiger partial charge on any atom is -0.390 e. The summed E-state index contributed by atoms with van der Waals surface area (Å²) in [5.74, 6) is 0. The van der Waals surface area contributed by atoms with Crippen molar-refractivity contribution in [2.75, 3.05) is 0 Å². The second-order valence-electron chi connectivity index (χ2n) is 12.6. The summed E-state index contributed by atoms with van der Waals surface area (Å²) >= 11 is 0. The molecule has 4 rings (SSSR count). The normalized spacial score (nSPS) is 15.0. The van der Waals surface area contributed by atoms with Crippen molar-refractivity contribution in [2.45, 2.75) is 109 Å². The lowest BCUT2D eigenvalue weighted by molar-refractivity contribution is -0.255. The number of alkyl halides is 3. The molecule has 0 radical (unpaired) electrons. The monoisotopic (exact) mass is 668 g/mol. The Morgan fingerprint density at radius 3 is 1.74 bits per heavy atom. The van der Waals surface area contributed by atoms with Gasteiger partial charge in [-0.25, -0.2) is 19.6 Å². The van der Waals surface area contributed by atoms with Gasteiger partial charge in [-0.15, -0.1) is 0 Å². The van der Waals surface area contributed by atoms with E-state index < -0.39 is 46.3 Å². The van der Waals surface area contributed by atoms with E-state index in [9.17, 15) is 42.6 Å². The first-order valence-corrected chi connectivity index (χ1v) is 15.7. The van der Waals surface area contributed by atoms with Crippen molar-refractivity contribution < 1.29 is 23.4 Å². The zero-order valence-electron chi connectivity index (χ0n) is 27.4. The van der Waals surface area contributed by atoms with Gasteiger partial charge in [0.2, 0.25) is 0 Å². The fraction of sp³-hybridized carbons (Fsp3) is 0.667. The summed E-state index contributed by atoms with van der Waals surface area (Å²) in [6.45, 7) is 2.95. The second kappa shape index (κ2) is 13.6. The molecule has 14 nitrogen and oxygen atoms in total. The van der Waals surface area contributed by atoms with Gasteiger partial charge >= 0.3 is 17.6 Å².